The SMILES string of the molecule is Cc1cc(C)c(C(N)=NO)c(N(C)c2ccccc2F)n1. The van der Waals surface area contributed by atoms with Gasteiger partial charge in [0.15, 0.2) is 5.84 Å². The first-order valence-corrected chi connectivity index (χ1v) is 6.40. The van der Waals surface area contributed by atoms with Crippen LogP contribution >= 0.6 is 0 Å². The summed E-state index contributed by atoms with van der Waals surface area (Å²) in [4.78, 5) is 5.99. The molecule has 1 aromatic carbocycles. The zero-order valence-corrected chi connectivity index (χ0v) is 12.1. The lowest BCUT2D eigenvalue weighted by molar-refractivity contribution is 0.318. The maximum Gasteiger partial charge on any atom is 0.174 e. The number of nitrogens with zero attached hydrogens (tertiary/aromatic N) is 3. The van der Waals surface area contributed by atoms with Crippen LogP contribution in [0.1, 0.15) is 16.8 Å². The Hall–Kier alpha value is -2.63. The van der Waals surface area contributed by atoms with Gasteiger partial charge in [0.2, 0.25) is 0 Å². The molecule has 0 saturated carbocycles. The molecule has 3 N–H and O–H groups in total. The van der Waals surface area contributed by atoms with E-state index in [1.165, 1.54) is 6.07 Å². The van der Waals surface area contributed by atoms with Gasteiger partial charge in [-0.3, -0.25) is 0 Å². The Morgan fingerprint density at radius 1 is 1.33 bits per heavy atom. The molecule has 2 aromatic rings. The number of aromatic nitrogens is 1. The molecule has 0 amide bonds. The largest absolute Gasteiger partial charge is 0.409 e. The standard InChI is InChI=1S/C15H17FN4O/c1-9-8-10(2)18-15(13(9)14(17)19-21)20(3)12-7-5-4-6-11(12)16/h4-8,21H,1-3H3,(H2,17,19). The maximum atomic E-state index is 14.0. The molecule has 1 aromatic heterocycles. The minimum Gasteiger partial charge on any atom is -0.409 e. The first-order valence-electron chi connectivity index (χ1n) is 6.40. The Balaban J connectivity index is 2.65. The van der Waals surface area contributed by atoms with Gasteiger partial charge in [0, 0.05) is 12.7 Å². The van der Waals surface area contributed by atoms with E-state index in [0.29, 0.717) is 17.1 Å². The molecule has 0 atom stereocenters. The molecule has 110 valence electrons. The number of anilines is 2. The van der Waals surface area contributed by atoms with E-state index in [0.717, 1.165) is 11.3 Å². The van der Waals surface area contributed by atoms with Crippen LogP contribution in [0, 0.1) is 19.7 Å². The third-order valence-electron chi connectivity index (χ3n) is 3.22. The minimum atomic E-state index is -0.369. The van der Waals surface area contributed by atoms with Crippen LogP contribution in [0.3, 0.4) is 0 Å². The predicted octanol–water partition coefficient (Wildman–Crippen LogP) is 2.70. The zero-order chi connectivity index (χ0) is 15.6. The van der Waals surface area contributed by atoms with Crippen LogP contribution in [0.2, 0.25) is 0 Å². The quantitative estimate of drug-likeness (QED) is 0.394. The Kier molecular flexibility index (Phi) is 4.07. The monoisotopic (exact) mass is 288 g/mol. The summed E-state index contributed by atoms with van der Waals surface area (Å²) in [5, 5.41) is 12.0. The van der Waals surface area contributed by atoms with Gasteiger partial charge >= 0.3 is 0 Å². The van der Waals surface area contributed by atoms with Crippen LogP contribution in [0.5, 0.6) is 0 Å². The fraction of sp³-hybridized carbons (Fsp3) is 0.200. The Labute approximate surface area is 122 Å². The molecule has 0 fully saturated rings. The van der Waals surface area contributed by atoms with Crippen molar-refractivity contribution < 1.29 is 9.60 Å². The molecule has 0 aliphatic heterocycles. The molecule has 0 aliphatic rings. The third kappa shape index (κ3) is 2.79. The van der Waals surface area contributed by atoms with Crippen molar-refractivity contribution in [3.8, 4) is 0 Å². The van der Waals surface area contributed by atoms with Crippen molar-refractivity contribution >= 4 is 17.3 Å². The highest BCUT2D eigenvalue weighted by Gasteiger charge is 2.19. The van der Waals surface area contributed by atoms with E-state index in [1.54, 1.807) is 30.1 Å². The van der Waals surface area contributed by atoms with Crippen molar-refractivity contribution in [2.45, 2.75) is 13.8 Å². The highest BCUT2D eigenvalue weighted by Crippen LogP contribution is 2.29. The molecule has 0 unspecified atom stereocenters. The lowest BCUT2D eigenvalue weighted by Crippen LogP contribution is -2.23. The number of hydrogen-bond acceptors (Lipinski definition) is 4. The van der Waals surface area contributed by atoms with Gasteiger partial charge in [0.25, 0.3) is 0 Å². The minimum absolute atomic E-state index is 0.0572. The fourth-order valence-electron chi connectivity index (χ4n) is 2.26. The van der Waals surface area contributed by atoms with Gasteiger partial charge < -0.3 is 15.8 Å². The number of pyridine rings is 1. The summed E-state index contributed by atoms with van der Waals surface area (Å²) in [7, 11) is 1.69. The van der Waals surface area contributed by atoms with Crippen LogP contribution in [0.4, 0.5) is 15.9 Å². The molecule has 0 saturated heterocycles. The summed E-state index contributed by atoms with van der Waals surface area (Å²) in [6, 6.07) is 8.20. The van der Waals surface area contributed by atoms with Crippen molar-refractivity contribution in [1.82, 2.24) is 4.98 Å². The number of amidine groups is 1. The van der Waals surface area contributed by atoms with Crippen molar-refractivity contribution in [3.05, 3.63) is 53.0 Å². The molecule has 6 heteroatoms. The lowest BCUT2D eigenvalue weighted by Gasteiger charge is -2.23. The number of benzene rings is 1. The highest BCUT2D eigenvalue weighted by molar-refractivity contribution is 6.03. The van der Waals surface area contributed by atoms with Gasteiger partial charge in [0.1, 0.15) is 11.6 Å². The summed E-state index contributed by atoms with van der Waals surface area (Å²) >= 11 is 0. The molecular formula is C15H17FN4O. The smallest absolute Gasteiger partial charge is 0.174 e. The van der Waals surface area contributed by atoms with Gasteiger partial charge in [-0.05, 0) is 37.6 Å². The first-order chi connectivity index (χ1) is 9.95. The van der Waals surface area contributed by atoms with Gasteiger partial charge in [-0.1, -0.05) is 17.3 Å². The number of hydrogen-bond donors (Lipinski definition) is 2. The number of rotatable bonds is 3. The second-order valence-electron chi connectivity index (χ2n) is 4.77. The van der Waals surface area contributed by atoms with Crippen LogP contribution < -0.4 is 10.6 Å². The normalized spacial score (nSPS) is 11.5. The van der Waals surface area contributed by atoms with Gasteiger partial charge in [-0.2, -0.15) is 0 Å². The van der Waals surface area contributed by atoms with E-state index < -0.39 is 0 Å². The first kappa shape index (κ1) is 14.8. The third-order valence-corrected chi connectivity index (χ3v) is 3.22. The molecule has 0 radical (unpaired) electrons. The molecule has 0 aliphatic carbocycles. The summed E-state index contributed by atoms with van der Waals surface area (Å²) in [5.41, 5.74) is 8.15. The Morgan fingerprint density at radius 3 is 2.62 bits per heavy atom. The topological polar surface area (TPSA) is 74.7 Å². The van der Waals surface area contributed by atoms with E-state index in [-0.39, 0.29) is 11.7 Å². The van der Waals surface area contributed by atoms with Crippen LogP contribution in [0.25, 0.3) is 0 Å². The number of halogens is 1. The highest BCUT2D eigenvalue weighted by atomic mass is 19.1. The summed E-state index contributed by atoms with van der Waals surface area (Å²) in [5.74, 6) is 0.0116. The van der Waals surface area contributed by atoms with E-state index in [2.05, 4.69) is 10.1 Å². The van der Waals surface area contributed by atoms with Crippen molar-refractivity contribution in [1.29, 1.82) is 0 Å². The fourth-order valence-corrected chi connectivity index (χ4v) is 2.26. The summed E-state index contributed by atoms with van der Waals surface area (Å²) in [6.07, 6.45) is 0. The Bertz CT molecular complexity index is 700. The second kappa shape index (κ2) is 5.78. The summed E-state index contributed by atoms with van der Waals surface area (Å²) in [6.45, 7) is 3.67. The van der Waals surface area contributed by atoms with E-state index >= 15 is 0 Å². The number of aryl methyl sites for hydroxylation is 2. The summed E-state index contributed by atoms with van der Waals surface area (Å²) < 4.78 is 14.0. The van der Waals surface area contributed by atoms with E-state index in [4.69, 9.17) is 10.9 Å². The van der Waals surface area contributed by atoms with Crippen molar-refractivity contribution in [2.24, 2.45) is 10.9 Å². The van der Waals surface area contributed by atoms with Crippen LogP contribution in [0.15, 0.2) is 35.5 Å². The number of para-hydroxylation sites is 1. The lowest BCUT2D eigenvalue weighted by atomic mass is 10.1. The van der Waals surface area contributed by atoms with Crippen molar-refractivity contribution in [2.75, 3.05) is 11.9 Å². The van der Waals surface area contributed by atoms with Gasteiger partial charge in [-0.15, -0.1) is 0 Å². The molecule has 1 heterocycles. The Morgan fingerprint density at radius 2 is 2.00 bits per heavy atom. The van der Waals surface area contributed by atoms with Gasteiger partial charge in [-0.25, -0.2) is 9.37 Å². The molecule has 0 spiro atoms. The molecular weight excluding hydrogens is 271 g/mol. The number of oxime groups is 1. The van der Waals surface area contributed by atoms with Crippen molar-refractivity contribution in [3.63, 3.8) is 0 Å². The average molecular weight is 288 g/mol. The van der Waals surface area contributed by atoms with Gasteiger partial charge in [0.05, 0.1) is 11.3 Å². The average Bonchev–Trinajstić information content (AvgIpc) is 2.45. The number of nitrogens with two attached hydrogens (primary N) is 1. The molecule has 0 bridgehead atoms. The maximum absolute atomic E-state index is 14.0. The molecule has 2 rings (SSSR count). The predicted molar refractivity (Wildman–Crippen MR) is 80.7 cm³/mol. The van der Waals surface area contributed by atoms with E-state index in [1.807, 2.05) is 19.9 Å². The van der Waals surface area contributed by atoms with Crippen LogP contribution in [-0.2, 0) is 0 Å². The van der Waals surface area contributed by atoms with E-state index in [9.17, 15) is 4.39 Å². The van der Waals surface area contributed by atoms with Crippen LogP contribution in [-0.4, -0.2) is 23.1 Å². The molecule has 21 heavy (non-hydrogen) atoms. The zero-order valence-electron chi connectivity index (χ0n) is 12.1. The second-order valence-corrected chi connectivity index (χ2v) is 4.77. The molecule has 5 nitrogen and oxygen atoms in total.